The minimum absolute atomic E-state index is 0.106. The first-order valence-corrected chi connectivity index (χ1v) is 8.40. The zero-order chi connectivity index (χ0) is 13.8. The summed E-state index contributed by atoms with van der Waals surface area (Å²) in [5, 5.41) is 10.00. The van der Waals surface area contributed by atoms with E-state index in [1.165, 1.54) is 0 Å². The van der Waals surface area contributed by atoms with Crippen molar-refractivity contribution in [2.45, 2.75) is 25.9 Å². The average molecular weight is 336 g/mol. The maximum absolute atomic E-state index is 11.3. The first-order valence-electron chi connectivity index (χ1n) is 5.79. The van der Waals surface area contributed by atoms with Crippen molar-refractivity contribution < 1.29 is 13.5 Å². The van der Waals surface area contributed by atoms with Crippen LogP contribution >= 0.6 is 15.9 Å². The predicted molar refractivity (Wildman–Crippen MR) is 77.1 cm³/mol. The van der Waals surface area contributed by atoms with E-state index >= 15 is 0 Å². The van der Waals surface area contributed by atoms with Crippen LogP contribution in [0.5, 0.6) is 0 Å². The molecule has 1 aromatic rings. The number of aliphatic hydroxyl groups is 1. The predicted octanol–water partition coefficient (Wildman–Crippen LogP) is 2.28. The van der Waals surface area contributed by atoms with Crippen LogP contribution in [-0.4, -0.2) is 25.0 Å². The Morgan fingerprint density at radius 3 is 2.72 bits per heavy atom. The molecule has 1 atom stereocenters. The van der Waals surface area contributed by atoms with E-state index in [-0.39, 0.29) is 11.5 Å². The summed E-state index contributed by atoms with van der Waals surface area (Å²) in [6.07, 6.45) is 0.0953. The minimum atomic E-state index is -2.97. The zero-order valence-corrected chi connectivity index (χ0v) is 12.7. The lowest BCUT2D eigenvalue weighted by Gasteiger charge is -2.13. The van der Waals surface area contributed by atoms with Gasteiger partial charge in [0.05, 0.1) is 11.9 Å². The molecule has 0 saturated heterocycles. The van der Waals surface area contributed by atoms with Crippen LogP contribution in [0, 0.1) is 0 Å². The maximum Gasteiger partial charge on any atom is 0.150 e. The highest BCUT2D eigenvalue weighted by atomic mass is 79.9. The molecular weight excluding hydrogens is 318 g/mol. The van der Waals surface area contributed by atoms with Crippen molar-refractivity contribution in [1.29, 1.82) is 0 Å². The number of nitrogens with two attached hydrogens (primary N) is 1. The number of rotatable bonds is 6. The lowest BCUT2D eigenvalue weighted by Crippen LogP contribution is -2.10. The Balaban J connectivity index is 2.61. The normalized spacial score (nSPS) is 13.5. The monoisotopic (exact) mass is 335 g/mol. The van der Waals surface area contributed by atoms with Crippen molar-refractivity contribution in [3.63, 3.8) is 0 Å². The molecule has 3 N–H and O–H groups in total. The summed E-state index contributed by atoms with van der Waals surface area (Å²) < 4.78 is 23.5. The van der Waals surface area contributed by atoms with Crippen molar-refractivity contribution in [3.8, 4) is 0 Å². The Hall–Kier alpha value is -0.590. The van der Waals surface area contributed by atoms with Crippen LogP contribution in [0.25, 0.3) is 0 Å². The zero-order valence-electron chi connectivity index (χ0n) is 10.3. The summed E-state index contributed by atoms with van der Waals surface area (Å²) >= 11 is 3.31. The van der Waals surface area contributed by atoms with Crippen LogP contribution in [0.15, 0.2) is 22.7 Å². The number of hydrogen-bond donors (Lipinski definition) is 2. The second-order valence-corrected chi connectivity index (χ2v) is 7.56. The summed E-state index contributed by atoms with van der Waals surface area (Å²) in [6.45, 7) is 1.62. The van der Waals surface area contributed by atoms with Crippen LogP contribution in [-0.2, 0) is 9.84 Å². The number of nitrogen functional groups attached to an aromatic ring is 1. The number of halogens is 1. The molecule has 0 spiro atoms. The third-order valence-corrected chi connectivity index (χ3v) is 5.06. The van der Waals surface area contributed by atoms with Gasteiger partial charge in [-0.3, -0.25) is 0 Å². The van der Waals surface area contributed by atoms with E-state index in [2.05, 4.69) is 15.9 Å². The van der Waals surface area contributed by atoms with Gasteiger partial charge in [-0.2, -0.15) is 0 Å². The van der Waals surface area contributed by atoms with Crippen molar-refractivity contribution >= 4 is 31.5 Å². The molecule has 1 rings (SSSR count). The molecule has 0 saturated carbocycles. The van der Waals surface area contributed by atoms with Gasteiger partial charge < -0.3 is 10.8 Å². The van der Waals surface area contributed by atoms with Gasteiger partial charge in [0, 0.05) is 21.5 Å². The molecule has 0 aliphatic carbocycles. The highest BCUT2D eigenvalue weighted by molar-refractivity contribution is 9.10. The summed E-state index contributed by atoms with van der Waals surface area (Å²) in [5.74, 6) is 0.247. The third kappa shape index (κ3) is 4.59. The standard InChI is InChI=1S/C12H18BrNO3S/c1-2-18(16,17)7-3-4-12(15)10-8-9(13)5-6-11(10)14/h5-6,8,12,15H,2-4,7,14H2,1H3. The Bertz CT molecular complexity index is 502. The molecule has 0 aliphatic heterocycles. The third-order valence-electron chi connectivity index (χ3n) is 2.78. The van der Waals surface area contributed by atoms with Crippen LogP contribution in [0.4, 0.5) is 5.69 Å². The molecule has 0 aromatic heterocycles. The lowest BCUT2D eigenvalue weighted by atomic mass is 10.0. The first kappa shape index (κ1) is 15.5. The Kier molecular flexibility index (Phi) is 5.62. The molecule has 0 aliphatic rings. The van der Waals surface area contributed by atoms with Gasteiger partial charge in [0.25, 0.3) is 0 Å². The average Bonchev–Trinajstić information content (AvgIpc) is 2.32. The van der Waals surface area contributed by atoms with Gasteiger partial charge in [0.1, 0.15) is 9.84 Å². The van der Waals surface area contributed by atoms with Gasteiger partial charge in [-0.05, 0) is 31.0 Å². The largest absolute Gasteiger partial charge is 0.398 e. The first-order chi connectivity index (χ1) is 8.35. The SMILES string of the molecule is CCS(=O)(=O)CCCC(O)c1cc(Br)ccc1N. The summed E-state index contributed by atoms with van der Waals surface area (Å²) in [7, 11) is -2.97. The smallest absolute Gasteiger partial charge is 0.150 e. The molecule has 0 amide bonds. The van der Waals surface area contributed by atoms with Crippen molar-refractivity contribution in [3.05, 3.63) is 28.2 Å². The second kappa shape index (κ2) is 6.54. The van der Waals surface area contributed by atoms with E-state index in [1.54, 1.807) is 25.1 Å². The molecule has 0 bridgehead atoms. The van der Waals surface area contributed by atoms with Crippen LogP contribution < -0.4 is 5.73 Å². The maximum atomic E-state index is 11.3. The van der Waals surface area contributed by atoms with Gasteiger partial charge in [0.2, 0.25) is 0 Å². The fraction of sp³-hybridized carbons (Fsp3) is 0.500. The second-order valence-electron chi connectivity index (χ2n) is 4.17. The number of benzene rings is 1. The van der Waals surface area contributed by atoms with Crippen molar-refractivity contribution in [2.75, 3.05) is 17.2 Å². The van der Waals surface area contributed by atoms with Gasteiger partial charge >= 0.3 is 0 Å². The Labute approximate surface area is 116 Å². The van der Waals surface area contributed by atoms with E-state index < -0.39 is 15.9 Å². The Morgan fingerprint density at radius 1 is 1.44 bits per heavy atom. The van der Waals surface area contributed by atoms with E-state index in [4.69, 9.17) is 5.73 Å². The fourth-order valence-corrected chi connectivity index (χ4v) is 2.90. The molecule has 0 fully saturated rings. The van der Waals surface area contributed by atoms with E-state index in [1.807, 2.05) is 0 Å². The molecular formula is C12H18BrNO3S. The molecule has 102 valence electrons. The molecule has 18 heavy (non-hydrogen) atoms. The van der Waals surface area contributed by atoms with Crippen molar-refractivity contribution in [2.24, 2.45) is 0 Å². The number of hydrogen-bond acceptors (Lipinski definition) is 4. The fourth-order valence-electron chi connectivity index (χ4n) is 1.63. The molecule has 6 heteroatoms. The van der Waals surface area contributed by atoms with E-state index in [0.717, 1.165) is 4.47 Å². The molecule has 1 unspecified atom stereocenters. The van der Waals surface area contributed by atoms with Crippen LogP contribution in [0.3, 0.4) is 0 Å². The molecule has 0 radical (unpaired) electrons. The van der Waals surface area contributed by atoms with Gasteiger partial charge in [-0.1, -0.05) is 22.9 Å². The van der Waals surface area contributed by atoms with Crippen LogP contribution in [0.2, 0.25) is 0 Å². The van der Waals surface area contributed by atoms with Gasteiger partial charge in [0.15, 0.2) is 0 Å². The minimum Gasteiger partial charge on any atom is -0.398 e. The van der Waals surface area contributed by atoms with Gasteiger partial charge in [-0.25, -0.2) is 8.42 Å². The Morgan fingerprint density at radius 2 is 2.11 bits per heavy atom. The van der Waals surface area contributed by atoms with Crippen molar-refractivity contribution in [1.82, 2.24) is 0 Å². The quantitative estimate of drug-likeness (QED) is 0.781. The molecule has 0 heterocycles. The number of sulfone groups is 1. The lowest BCUT2D eigenvalue weighted by molar-refractivity contribution is 0.167. The molecule has 4 nitrogen and oxygen atoms in total. The van der Waals surface area contributed by atoms with Gasteiger partial charge in [-0.15, -0.1) is 0 Å². The summed E-state index contributed by atoms with van der Waals surface area (Å²) in [6, 6.07) is 5.27. The highest BCUT2D eigenvalue weighted by Crippen LogP contribution is 2.27. The number of anilines is 1. The summed E-state index contributed by atoms with van der Waals surface area (Å²) in [5.41, 5.74) is 6.93. The topological polar surface area (TPSA) is 80.4 Å². The molecule has 1 aromatic carbocycles. The summed E-state index contributed by atoms with van der Waals surface area (Å²) in [4.78, 5) is 0. The van der Waals surface area contributed by atoms with E-state index in [9.17, 15) is 13.5 Å². The van der Waals surface area contributed by atoms with E-state index in [0.29, 0.717) is 24.1 Å². The number of aliphatic hydroxyl groups excluding tert-OH is 1. The highest BCUT2D eigenvalue weighted by Gasteiger charge is 2.14. The van der Waals surface area contributed by atoms with Crippen LogP contribution in [0.1, 0.15) is 31.4 Å².